The van der Waals surface area contributed by atoms with Gasteiger partial charge in [-0.15, -0.1) is 5.10 Å². The van der Waals surface area contributed by atoms with Crippen molar-refractivity contribution in [1.82, 2.24) is 10.2 Å². The Bertz CT molecular complexity index is 512. The smallest absolute Gasteiger partial charge is 0.316 e. The molecule has 0 saturated heterocycles. The summed E-state index contributed by atoms with van der Waals surface area (Å²) in [6.07, 6.45) is 0. The monoisotopic (exact) mass is 247 g/mol. The summed E-state index contributed by atoms with van der Waals surface area (Å²) in [6.45, 7) is 6.10. The van der Waals surface area contributed by atoms with E-state index >= 15 is 0 Å². The van der Waals surface area contributed by atoms with E-state index in [4.69, 9.17) is 9.15 Å². The van der Waals surface area contributed by atoms with Crippen molar-refractivity contribution in [3.8, 4) is 17.2 Å². The first-order valence-corrected chi connectivity index (χ1v) is 5.74. The average molecular weight is 247 g/mol. The lowest BCUT2D eigenvalue weighted by atomic mass is 10.1. The Kier molecular flexibility index (Phi) is 3.23. The maximum atomic E-state index is 5.55. The lowest BCUT2D eigenvalue weighted by Crippen LogP contribution is -2.26. The van der Waals surface area contributed by atoms with E-state index in [0.717, 1.165) is 11.3 Å². The number of nitrogens with zero attached hydrogens (tertiary/aromatic N) is 2. The van der Waals surface area contributed by atoms with Crippen LogP contribution in [0.2, 0.25) is 0 Å². The van der Waals surface area contributed by atoms with Crippen molar-refractivity contribution in [3.63, 3.8) is 0 Å². The molecule has 5 nitrogen and oxygen atoms in total. The van der Waals surface area contributed by atoms with Gasteiger partial charge in [0.05, 0.1) is 7.11 Å². The highest BCUT2D eigenvalue weighted by atomic mass is 16.5. The number of ether oxygens (including phenoxy) is 1. The van der Waals surface area contributed by atoms with Crippen molar-refractivity contribution in [2.24, 2.45) is 0 Å². The summed E-state index contributed by atoms with van der Waals surface area (Å²) in [6, 6.07) is 7.90. The molecule has 0 aliphatic rings. The van der Waals surface area contributed by atoms with Crippen LogP contribution >= 0.6 is 0 Å². The van der Waals surface area contributed by atoms with Crippen molar-refractivity contribution >= 4 is 6.01 Å². The van der Waals surface area contributed by atoms with Crippen LogP contribution in [0.1, 0.15) is 20.8 Å². The standard InChI is InChI=1S/C13H17N3O2/c1-13(2,3)14-12-16-15-11(18-12)9-5-7-10(17-4)8-6-9/h5-8H,1-4H3,(H,14,16). The number of aromatic nitrogens is 2. The summed E-state index contributed by atoms with van der Waals surface area (Å²) in [5.41, 5.74) is 0.759. The maximum Gasteiger partial charge on any atom is 0.316 e. The third-order valence-electron chi connectivity index (χ3n) is 2.24. The van der Waals surface area contributed by atoms with Crippen LogP contribution in [0.3, 0.4) is 0 Å². The fourth-order valence-electron chi connectivity index (χ4n) is 1.44. The molecule has 18 heavy (non-hydrogen) atoms. The van der Waals surface area contributed by atoms with Crippen molar-refractivity contribution in [3.05, 3.63) is 24.3 Å². The van der Waals surface area contributed by atoms with Gasteiger partial charge in [0.1, 0.15) is 5.75 Å². The van der Waals surface area contributed by atoms with Gasteiger partial charge in [0.25, 0.3) is 0 Å². The number of nitrogens with one attached hydrogen (secondary N) is 1. The van der Waals surface area contributed by atoms with Gasteiger partial charge >= 0.3 is 6.01 Å². The number of hydrogen-bond donors (Lipinski definition) is 1. The molecule has 2 aromatic rings. The number of methoxy groups -OCH3 is 1. The third-order valence-corrected chi connectivity index (χ3v) is 2.24. The van der Waals surface area contributed by atoms with Crippen molar-refractivity contribution in [1.29, 1.82) is 0 Å². The van der Waals surface area contributed by atoms with Crippen LogP contribution in [-0.4, -0.2) is 22.8 Å². The Hall–Kier alpha value is -2.04. The lowest BCUT2D eigenvalue weighted by molar-refractivity contribution is 0.415. The number of hydrogen-bond acceptors (Lipinski definition) is 5. The summed E-state index contributed by atoms with van der Waals surface area (Å²) in [7, 11) is 1.63. The van der Waals surface area contributed by atoms with E-state index in [1.54, 1.807) is 7.11 Å². The molecule has 96 valence electrons. The van der Waals surface area contributed by atoms with Crippen LogP contribution in [0.5, 0.6) is 5.75 Å². The van der Waals surface area contributed by atoms with E-state index in [2.05, 4.69) is 15.5 Å². The number of rotatable bonds is 3. The second-order valence-corrected chi connectivity index (χ2v) is 5.02. The molecule has 0 fully saturated rings. The molecular formula is C13H17N3O2. The minimum absolute atomic E-state index is 0.107. The Labute approximate surface area is 106 Å². The third kappa shape index (κ3) is 3.00. The Morgan fingerprint density at radius 1 is 1.11 bits per heavy atom. The molecule has 0 radical (unpaired) electrons. The predicted molar refractivity (Wildman–Crippen MR) is 69.7 cm³/mol. The molecule has 0 spiro atoms. The SMILES string of the molecule is COc1ccc(-c2nnc(NC(C)(C)C)o2)cc1. The number of benzene rings is 1. The topological polar surface area (TPSA) is 60.2 Å². The molecular weight excluding hydrogens is 230 g/mol. The second kappa shape index (κ2) is 4.68. The van der Waals surface area contributed by atoms with Crippen molar-refractivity contribution in [2.75, 3.05) is 12.4 Å². The van der Waals surface area contributed by atoms with E-state index in [0.29, 0.717) is 11.9 Å². The van der Waals surface area contributed by atoms with Crippen LogP contribution in [0.4, 0.5) is 6.01 Å². The molecule has 0 saturated carbocycles. The fraction of sp³-hybridized carbons (Fsp3) is 0.385. The highest BCUT2D eigenvalue weighted by Gasteiger charge is 2.15. The van der Waals surface area contributed by atoms with Gasteiger partial charge in [0.15, 0.2) is 0 Å². The van der Waals surface area contributed by atoms with Crippen LogP contribution in [0.25, 0.3) is 11.5 Å². The van der Waals surface area contributed by atoms with Gasteiger partial charge in [0, 0.05) is 11.1 Å². The molecule has 0 aliphatic carbocycles. The zero-order chi connectivity index (χ0) is 13.2. The van der Waals surface area contributed by atoms with Gasteiger partial charge in [-0.1, -0.05) is 5.10 Å². The molecule has 1 heterocycles. The maximum absolute atomic E-state index is 5.55. The molecule has 0 unspecified atom stereocenters. The lowest BCUT2D eigenvalue weighted by Gasteiger charge is -2.17. The molecule has 2 rings (SSSR count). The minimum atomic E-state index is -0.107. The van der Waals surface area contributed by atoms with E-state index in [-0.39, 0.29) is 5.54 Å². The Morgan fingerprint density at radius 3 is 2.33 bits per heavy atom. The van der Waals surface area contributed by atoms with Crippen LogP contribution in [-0.2, 0) is 0 Å². The molecule has 0 amide bonds. The first-order valence-electron chi connectivity index (χ1n) is 5.74. The molecule has 0 bridgehead atoms. The fourth-order valence-corrected chi connectivity index (χ4v) is 1.44. The summed E-state index contributed by atoms with van der Waals surface area (Å²) in [4.78, 5) is 0. The Balaban J connectivity index is 2.18. The summed E-state index contributed by atoms with van der Waals surface area (Å²) >= 11 is 0. The minimum Gasteiger partial charge on any atom is -0.497 e. The molecule has 0 atom stereocenters. The van der Waals surface area contributed by atoms with Gasteiger partial charge in [-0.05, 0) is 45.0 Å². The van der Waals surface area contributed by atoms with Crippen LogP contribution in [0, 0.1) is 0 Å². The van der Waals surface area contributed by atoms with Gasteiger partial charge in [-0.2, -0.15) is 0 Å². The summed E-state index contributed by atoms with van der Waals surface area (Å²) < 4.78 is 10.6. The zero-order valence-corrected chi connectivity index (χ0v) is 11.0. The Morgan fingerprint density at radius 2 is 1.78 bits per heavy atom. The average Bonchev–Trinajstić information content (AvgIpc) is 2.75. The molecule has 1 N–H and O–H groups in total. The highest BCUT2D eigenvalue weighted by molar-refractivity contribution is 5.54. The quantitative estimate of drug-likeness (QED) is 0.903. The zero-order valence-electron chi connectivity index (χ0n) is 11.0. The van der Waals surface area contributed by atoms with Crippen LogP contribution < -0.4 is 10.1 Å². The summed E-state index contributed by atoms with van der Waals surface area (Å²) in [5.74, 6) is 1.29. The normalized spacial score (nSPS) is 11.3. The van der Waals surface area contributed by atoms with E-state index < -0.39 is 0 Å². The van der Waals surface area contributed by atoms with Crippen LogP contribution in [0.15, 0.2) is 28.7 Å². The van der Waals surface area contributed by atoms with Crippen molar-refractivity contribution < 1.29 is 9.15 Å². The van der Waals surface area contributed by atoms with Crippen molar-refractivity contribution in [2.45, 2.75) is 26.3 Å². The first kappa shape index (κ1) is 12.4. The highest BCUT2D eigenvalue weighted by Crippen LogP contribution is 2.23. The first-order chi connectivity index (χ1) is 8.48. The molecule has 1 aromatic heterocycles. The molecule has 1 aromatic carbocycles. The van der Waals surface area contributed by atoms with Gasteiger partial charge in [-0.3, -0.25) is 0 Å². The number of anilines is 1. The molecule has 5 heteroatoms. The van der Waals surface area contributed by atoms with E-state index in [9.17, 15) is 0 Å². The van der Waals surface area contributed by atoms with Gasteiger partial charge < -0.3 is 14.5 Å². The van der Waals surface area contributed by atoms with Gasteiger partial charge in [-0.25, -0.2) is 0 Å². The second-order valence-electron chi connectivity index (χ2n) is 5.02. The predicted octanol–water partition coefficient (Wildman–Crippen LogP) is 2.96. The van der Waals surface area contributed by atoms with Gasteiger partial charge in [0.2, 0.25) is 5.89 Å². The summed E-state index contributed by atoms with van der Waals surface area (Å²) in [5, 5.41) is 11.1. The molecule has 0 aliphatic heterocycles. The largest absolute Gasteiger partial charge is 0.497 e. The van der Waals surface area contributed by atoms with E-state index in [1.807, 2.05) is 45.0 Å². The van der Waals surface area contributed by atoms with E-state index in [1.165, 1.54) is 0 Å².